The Bertz CT molecular complexity index is 267. The van der Waals surface area contributed by atoms with Crippen molar-refractivity contribution in [1.29, 1.82) is 0 Å². The second-order valence-electron chi connectivity index (χ2n) is 3.26. The molecule has 13 heavy (non-hydrogen) atoms. The molecule has 0 bridgehead atoms. The van der Waals surface area contributed by atoms with Gasteiger partial charge in [0.05, 0.1) is 11.2 Å². The molecule has 5 heteroatoms. The minimum Gasteiger partial charge on any atom is -0.386 e. The lowest BCUT2D eigenvalue weighted by atomic mass is 9.97. The molecular formula is C8H9F3OS. The summed E-state index contributed by atoms with van der Waals surface area (Å²) in [6.07, 6.45) is -4.38. The molecule has 1 nitrogen and oxygen atoms in total. The van der Waals surface area contributed by atoms with Crippen LogP contribution in [0.1, 0.15) is 25.0 Å². The topological polar surface area (TPSA) is 20.2 Å². The number of hydrogen-bond donors (Lipinski definition) is 1. The maximum atomic E-state index is 12.3. The molecule has 0 aromatic carbocycles. The van der Waals surface area contributed by atoms with Gasteiger partial charge in [-0.05, 0) is 19.2 Å². The molecular weight excluding hydrogens is 201 g/mol. The number of aliphatic hydroxyl groups is 1. The Hall–Kier alpha value is -0.550. The summed E-state index contributed by atoms with van der Waals surface area (Å²) >= 11 is 0.940. The van der Waals surface area contributed by atoms with Gasteiger partial charge in [-0.15, -0.1) is 0 Å². The molecule has 0 aliphatic heterocycles. The van der Waals surface area contributed by atoms with E-state index < -0.39 is 17.3 Å². The van der Waals surface area contributed by atoms with Crippen LogP contribution in [0.25, 0.3) is 0 Å². The van der Waals surface area contributed by atoms with Crippen molar-refractivity contribution in [3.8, 4) is 0 Å². The molecule has 0 aliphatic carbocycles. The standard InChI is InChI=1S/C8H9F3OS/c1-7(2,12)5-3-13-4-6(5)8(9,10)11/h3-4,12H,1-2H3. The van der Waals surface area contributed by atoms with E-state index in [4.69, 9.17) is 0 Å². The molecule has 0 unspecified atom stereocenters. The van der Waals surface area contributed by atoms with Crippen LogP contribution in [-0.4, -0.2) is 5.11 Å². The fourth-order valence-corrected chi connectivity index (χ4v) is 2.01. The van der Waals surface area contributed by atoms with E-state index in [2.05, 4.69) is 0 Å². The lowest BCUT2D eigenvalue weighted by Crippen LogP contribution is -2.20. The second-order valence-corrected chi connectivity index (χ2v) is 4.00. The third-order valence-corrected chi connectivity index (χ3v) is 2.37. The number of halogens is 3. The molecule has 0 spiro atoms. The van der Waals surface area contributed by atoms with Gasteiger partial charge in [0, 0.05) is 10.9 Å². The average molecular weight is 210 g/mol. The van der Waals surface area contributed by atoms with Gasteiger partial charge in [0.1, 0.15) is 0 Å². The lowest BCUT2D eigenvalue weighted by molar-refractivity contribution is -0.139. The van der Waals surface area contributed by atoms with Gasteiger partial charge in [0.2, 0.25) is 0 Å². The average Bonchev–Trinajstić information content (AvgIpc) is 2.27. The van der Waals surface area contributed by atoms with Crippen molar-refractivity contribution in [3.63, 3.8) is 0 Å². The van der Waals surface area contributed by atoms with Crippen molar-refractivity contribution in [1.82, 2.24) is 0 Å². The summed E-state index contributed by atoms with van der Waals surface area (Å²) in [5.41, 5.74) is -2.25. The zero-order valence-corrected chi connectivity index (χ0v) is 7.96. The third-order valence-electron chi connectivity index (χ3n) is 1.63. The van der Waals surface area contributed by atoms with Crippen LogP contribution in [0.3, 0.4) is 0 Å². The van der Waals surface area contributed by atoms with Crippen LogP contribution in [0.15, 0.2) is 10.8 Å². The van der Waals surface area contributed by atoms with Gasteiger partial charge in [0.15, 0.2) is 0 Å². The molecule has 1 N–H and O–H groups in total. The highest BCUT2D eigenvalue weighted by Crippen LogP contribution is 2.38. The molecule has 0 aliphatic rings. The predicted molar refractivity (Wildman–Crippen MR) is 44.6 cm³/mol. The Balaban J connectivity index is 3.19. The molecule has 1 rings (SSSR count). The zero-order valence-electron chi connectivity index (χ0n) is 7.14. The number of alkyl halides is 3. The highest BCUT2D eigenvalue weighted by atomic mass is 32.1. The quantitative estimate of drug-likeness (QED) is 0.755. The first-order chi connectivity index (χ1) is 5.73. The first-order valence-corrected chi connectivity index (χ1v) is 4.53. The van der Waals surface area contributed by atoms with Crippen molar-refractivity contribution in [2.24, 2.45) is 0 Å². The van der Waals surface area contributed by atoms with Gasteiger partial charge >= 0.3 is 6.18 Å². The maximum Gasteiger partial charge on any atom is 0.417 e. The van der Waals surface area contributed by atoms with Gasteiger partial charge in [-0.2, -0.15) is 24.5 Å². The fourth-order valence-electron chi connectivity index (χ4n) is 0.990. The van der Waals surface area contributed by atoms with Gasteiger partial charge in [-0.25, -0.2) is 0 Å². The van der Waals surface area contributed by atoms with E-state index in [-0.39, 0.29) is 5.56 Å². The number of thiophene rings is 1. The van der Waals surface area contributed by atoms with Gasteiger partial charge < -0.3 is 5.11 Å². The van der Waals surface area contributed by atoms with Crippen molar-refractivity contribution < 1.29 is 18.3 Å². The summed E-state index contributed by atoms with van der Waals surface area (Å²) in [5.74, 6) is 0. The van der Waals surface area contributed by atoms with Gasteiger partial charge in [-0.3, -0.25) is 0 Å². The molecule has 0 amide bonds. The van der Waals surface area contributed by atoms with E-state index in [1.807, 2.05) is 0 Å². The summed E-state index contributed by atoms with van der Waals surface area (Å²) in [6, 6.07) is 0. The van der Waals surface area contributed by atoms with Crippen molar-refractivity contribution >= 4 is 11.3 Å². The van der Waals surface area contributed by atoms with E-state index in [0.717, 1.165) is 16.7 Å². The summed E-state index contributed by atoms with van der Waals surface area (Å²) < 4.78 is 36.9. The minimum absolute atomic E-state index is 0.0648. The third kappa shape index (κ3) is 2.22. The summed E-state index contributed by atoms with van der Waals surface area (Å²) in [4.78, 5) is 0. The summed E-state index contributed by atoms with van der Waals surface area (Å²) in [5, 5.41) is 11.8. The largest absolute Gasteiger partial charge is 0.417 e. The normalized spacial score (nSPS) is 13.4. The van der Waals surface area contributed by atoms with Crippen molar-refractivity contribution in [2.75, 3.05) is 0 Å². The number of hydrogen-bond acceptors (Lipinski definition) is 2. The summed E-state index contributed by atoms with van der Waals surface area (Å²) in [6.45, 7) is 2.68. The summed E-state index contributed by atoms with van der Waals surface area (Å²) in [7, 11) is 0. The molecule has 0 radical (unpaired) electrons. The fraction of sp³-hybridized carbons (Fsp3) is 0.500. The molecule has 0 saturated heterocycles. The Labute approximate surface area is 77.8 Å². The van der Waals surface area contributed by atoms with Crippen LogP contribution in [0, 0.1) is 0 Å². The number of rotatable bonds is 1. The molecule has 1 aromatic rings. The van der Waals surface area contributed by atoms with Crippen LogP contribution in [-0.2, 0) is 11.8 Å². The highest BCUT2D eigenvalue weighted by Gasteiger charge is 2.37. The first kappa shape index (κ1) is 10.5. The van der Waals surface area contributed by atoms with Crippen LogP contribution in [0.4, 0.5) is 13.2 Å². The Morgan fingerprint density at radius 1 is 1.15 bits per heavy atom. The van der Waals surface area contributed by atoms with Crippen LogP contribution in [0.5, 0.6) is 0 Å². The van der Waals surface area contributed by atoms with Crippen molar-refractivity contribution in [2.45, 2.75) is 25.6 Å². The monoisotopic (exact) mass is 210 g/mol. The van der Waals surface area contributed by atoms with E-state index in [1.54, 1.807) is 0 Å². The van der Waals surface area contributed by atoms with E-state index >= 15 is 0 Å². The zero-order chi connectivity index (χ0) is 10.3. The molecule has 1 aromatic heterocycles. The Morgan fingerprint density at radius 2 is 1.62 bits per heavy atom. The SMILES string of the molecule is CC(C)(O)c1cscc1C(F)(F)F. The van der Waals surface area contributed by atoms with Crippen LogP contribution >= 0.6 is 11.3 Å². The molecule has 1 heterocycles. The van der Waals surface area contributed by atoms with Crippen LogP contribution < -0.4 is 0 Å². The smallest absolute Gasteiger partial charge is 0.386 e. The predicted octanol–water partition coefficient (Wildman–Crippen LogP) is 2.99. The second kappa shape index (κ2) is 2.99. The van der Waals surface area contributed by atoms with Gasteiger partial charge in [0.25, 0.3) is 0 Å². The molecule has 0 atom stereocenters. The van der Waals surface area contributed by atoms with E-state index in [0.29, 0.717) is 0 Å². The first-order valence-electron chi connectivity index (χ1n) is 3.59. The van der Waals surface area contributed by atoms with E-state index in [9.17, 15) is 18.3 Å². The van der Waals surface area contributed by atoms with E-state index in [1.165, 1.54) is 19.2 Å². The highest BCUT2D eigenvalue weighted by molar-refractivity contribution is 7.08. The lowest BCUT2D eigenvalue weighted by Gasteiger charge is -2.19. The molecule has 0 saturated carbocycles. The maximum absolute atomic E-state index is 12.3. The Morgan fingerprint density at radius 3 is 1.92 bits per heavy atom. The van der Waals surface area contributed by atoms with Crippen LogP contribution in [0.2, 0.25) is 0 Å². The molecule has 74 valence electrons. The minimum atomic E-state index is -4.38. The van der Waals surface area contributed by atoms with Gasteiger partial charge in [-0.1, -0.05) is 0 Å². The Kier molecular flexibility index (Phi) is 2.42. The molecule has 0 fully saturated rings. The van der Waals surface area contributed by atoms with Crippen molar-refractivity contribution in [3.05, 3.63) is 21.9 Å².